The summed E-state index contributed by atoms with van der Waals surface area (Å²) < 4.78 is 11.1. The molecule has 1 amide bonds. The first kappa shape index (κ1) is 16.8. The molecular formula is C20H18N4O3. The zero-order valence-corrected chi connectivity index (χ0v) is 14.5. The topological polar surface area (TPSA) is 99.4 Å². The summed E-state index contributed by atoms with van der Waals surface area (Å²) in [5.41, 5.74) is 8.51. The van der Waals surface area contributed by atoms with E-state index in [1.54, 1.807) is 12.4 Å². The van der Waals surface area contributed by atoms with Gasteiger partial charge in [0, 0.05) is 17.3 Å². The van der Waals surface area contributed by atoms with E-state index in [2.05, 4.69) is 15.3 Å². The van der Waals surface area contributed by atoms with Gasteiger partial charge in [-0.05, 0) is 23.8 Å². The van der Waals surface area contributed by atoms with Gasteiger partial charge in [0.05, 0.1) is 24.5 Å². The maximum absolute atomic E-state index is 11.1. The van der Waals surface area contributed by atoms with Crippen molar-refractivity contribution < 1.29 is 14.3 Å². The van der Waals surface area contributed by atoms with E-state index in [9.17, 15) is 4.79 Å². The summed E-state index contributed by atoms with van der Waals surface area (Å²) in [5.74, 6) is 1.67. The number of rotatable bonds is 5. The molecule has 3 aromatic rings. The van der Waals surface area contributed by atoms with Crippen molar-refractivity contribution in [1.82, 2.24) is 9.97 Å². The second-order valence-corrected chi connectivity index (χ2v) is 6.12. The van der Waals surface area contributed by atoms with E-state index in [1.165, 1.54) is 0 Å². The Morgan fingerprint density at radius 3 is 2.78 bits per heavy atom. The molecule has 136 valence electrons. The summed E-state index contributed by atoms with van der Waals surface area (Å²) in [6.45, 7) is 1.09. The first-order valence-corrected chi connectivity index (χ1v) is 8.54. The zero-order valence-electron chi connectivity index (χ0n) is 14.5. The second kappa shape index (κ2) is 7.33. The number of ether oxygens (including phenoxy) is 2. The minimum Gasteiger partial charge on any atom is -0.486 e. The van der Waals surface area contributed by atoms with Crippen LogP contribution in [0.15, 0.2) is 54.9 Å². The molecule has 0 saturated carbocycles. The van der Waals surface area contributed by atoms with Gasteiger partial charge >= 0.3 is 0 Å². The van der Waals surface area contributed by atoms with Crippen LogP contribution < -0.4 is 20.5 Å². The number of carbonyl (C=O) groups excluding carboxylic acids is 1. The third-order valence-corrected chi connectivity index (χ3v) is 4.05. The van der Waals surface area contributed by atoms with E-state index >= 15 is 0 Å². The second-order valence-electron chi connectivity index (χ2n) is 6.12. The summed E-state index contributed by atoms with van der Waals surface area (Å²) in [7, 11) is 0. The smallest absolute Gasteiger partial charge is 0.221 e. The summed E-state index contributed by atoms with van der Waals surface area (Å²) in [6.07, 6.45) is 3.52. The molecule has 0 spiro atoms. The number of carbonyl (C=O) groups is 1. The number of fused-ring (bicyclic) bond motifs is 1. The molecule has 7 heteroatoms. The predicted octanol–water partition coefficient (Wildman–Crippen LogP) is 2.69. The number of anilines is 2. The van der Waals surface area contributed by atoms with Crippen molar-refractivity contribution in [2.45, 2.75) is 6.42 Å². The highest BCUT2D eigenvalue weighted by molar-refractivity contribution is 5.77. The van der Waals surface area contributed by atoms with Gasteiger partial charge in [0.25, 0.3) is 0 Å². The van der Waals surface area contributed by atoms with Gasteiger partial charge in [-0.25, -0.2) is 4.98 Å². The van der Waals surface area contributed by atoms with Gasteiger partial charge < -0.3 is 20.5 Å². The largest absolute Gasteiger partial charge is 0.486 e. The standard InChI is InChI=1S/C20H18N4O3/c21-19(25)9-13-2-1-3-14(8-13)16-11-22-12-20(24-16)23-15-4-5-17-18(10-15)27-7-6-26-17/h1-5,8,10-12H,6-7,9H2,(H2,21,25)(H,23,24). The van der Waals surface area contributed by atoms with Crippen LogP contribution in [0.4, 0.5) is 11.5 Å². The number of amides is 1. The zero-order chi connectivity index (χ0) is 18.6. The SMILES string of the molecule is NC(=O)Cc1cccc(-c2cncc(Nc3ccc4c(c3)OCCO4)n2)c1. The number of benzene rings is 2. The van der Waals surface area contributed by atoms with Crippen molar-refractivity contribution >= 4 is 17.4 Å². The van der Waals surface area contributed by atoms with Crippen LogP contribution in [-0.2, 0) is 11.2 Å². The highest BCUT2D eigenvalue weighted by Gasteiger charge is 2.12. The van der Waals surface area contributed by atoms with Crippen molar-refractivity contribution in [3.05, 3.63) is 60.4 Å². The monoisotopic (exact) mass is 362 g/mol. The molecule has 0 unspecified atom stereocenters. The highest BCUT2D eigenvalue weighted by atomic mass is 16.6. The Labute approximate surface area is 156 Å². The quantitative estimate of drug-likeness (QED) is 0.724. The lowest BCUT2D eigenvalue weighted by molar-refractivity contribution is -0.117. The molecule has 0 radical (unpaired) electrons. The number of primary amides is 1. The first-order chi connectivity index (χ1) is 13.2. The average molecular weight is 362 g/mol. The number of hydrogen-bond acceptors (Lipinski definition) is 6. The van der Waals surface area contributed by atoms with Crippen molar-refractivity contribution in [2.24, 2.45) is 5.73 Å². The summed E-state index contributed by atoms with van der Waals surface area (Å²) >= 11 is 0. The van der Waals surface area contributed by atoms with Crippen molar-refractivity contribution in [3.8, 4) is 22.8 Å². The van der Waals surface area contributed by atoms with Gasteiger partial charge in [-0.1, -0.05) is 18.2 Å². The van der Waals surface area contributed by atoms with Gasteiger partial charge in [-0.2, -0.15) is 0 Å². The van der Waals surface area contributed by atoms with E-state index in [0.717, 1.165) is 22.6 Å². The molecule has 2 aromatic carbocycles. The summed E-state index contributed by atoms with van der Waals surface area (Å²) in [5, 5.41) is 3.23. The lowest BCUT2D eigenvalue weighted by Crippen LogP contribution is -2.15. The van der Waals surface area contributed by atoms with E-state index in [0.29, 0.717) is 30.5 Å². The fourth-order valence-electron chi connectivity index (χ4n) is 2.88. The first-order valence-electron chi connectivity index (χ1n) is 8.54. The van der Waals surface area contributed by atoms with Crippen LogP contribution in [0, 0.1) is 0 Å². The molecule has 1 aromatic heterocycles. The van der Waals surface area contributed by atoms with Crippen LogP contribution in [0.3, 0.4) is 0 Å². The lowest BCUT2D eigenvalue weighted by atomic mass is 10.1. The summed E-state index contributed by atoms with van der Waals surface area (Å²) in [6, 6.07) is 13.2. The van der Waals surface area contributed by atoms with E-state index in [4.69, 9.17) is 15.2 Å². The van der Waals surface area contributed by atoms with Gasteiger partial charge in [0.2, 0.25) is 5.91 Å². The number of nitrogens with zero attached hydrogens (tertiary/aromatic N) is 2. The number of nitrogens with two attached hydrogens (primary N) is 1. The Balaban J connectivity index is 1.57. The molecular weight excluding hydrogens is 344 g/mol. The average Bonchev–Trinajstić information content (AvgIpc) is 2.68. The molecule has 1 aliphatic heterocycles. The Hall–Kier alpha value is -3.61. The van der Waals surface area contributed by atoms with Gasteiger partial charge in [0.1, 0.15) is 19.0 Å². The molecule has 7 nitrogen and oxygen atoms in total. The van der Waals surface area contributed by atoms with Crippen LogP contribution in [0.1, 0.15) is 5.56 Å². The third kappa shape index (κ3) is 3.98. The Bertz CT molecular complexity index is 990. The maximum atomic E-state index is 11.1. The third-order valence-electron chi connectivity index (χ3n) is 4.05. The Morgan fingerprint density at radius 2 is 1.93 bits per heavy atom. The minimum absolute atomic E-state index is 0.191. The number of hydrogen-bond donors (Lipinski definition) is 2. The fourth-order valence-corrected chi connectivity index (χ4v) is 2.88. The molecule has 1 aliphatic rings. The normalized spacial score (nSPS) is 12.4. The van der Waals surface area contributed by atoms with E-state index in [1.807, 2.05) is 42.5 Å². The minimum atomic E-state index is -0.368. The van der Waals surface area contributed by atoms with Crippen molar-refractivity contribution in [3.63, 3.8) is 0 Å². The van der Waals surface area contributed by atoms with Crippen LogP contribution in [0.25, 0.3) is 11.3 Å². The van der Waals surface area contributed by atoms with E-state index in [-0.39, 0.29) is 12.3 Å². The van der Waals surface area contributed by atoms with Crippen molar-refractivity contribution in [1.29, 1.82) is 0 Å². The molecule has 0 aliphatic carbocycles. The van der Waals surface area contributed by atoms with Gasteiger partial charge in [-0.15, -0.1) is 0 Å². The van der Waals surface area contributed by atoms with Crippen LogP contribution in [-0.4, -0.2) is 29.1 Å². The molecule has 0 saturated heterocycles. The highest BCUT2D eigenvalue weighted by Crippen LogP contribution is 2.33. The lowest BCUT2D eigenvalue weighted by Gasteiger charge is -2.19. The Kier molecular flexibility index (Phi) is 4.57. The number of aromatic nitrogens is 2. The van der Waals surface area contributed by atoms with Crippen molar-refractivity contribution in [2.75, 3.05) is 18.5 Å². The van der Waals surface area contributed by atoms with Gasteiger partial charge in [-0.3, -0.25) is 9.78 Å². The van der Waals surface area contributed by atoms with Crippen LogP contribution in [0.5, 0.6) is 11.5 Å². The number of nitrogens with one attached hydrogen (secondary N) is 1. The predicted molar refractivity (Wildman–Crippen MR) is 101 cm³/mol. The van der Waals surface area contributed by atoms with Crippen LogP contribution in [0.2, 0.25) is 0 Å². The van der Waals surface area contributed by atoms with E-state index < -0.39 is 0 Å². The maximum Gasteiger partial charge on any atom is 0.221 e. The molecule has 0 fully saturated rings. The molecule has 3 N–H and O–H groups in total. The molecule has 4 rings (SSSR count). The fraction of sp³-hybridized carbons (Fsp3) is 0.150. The Morgan fingerprint density at radius 1 is 1.07 bits per heavy atom. The molecule has 27 heavy (non-hydrogen) atoms. The van der Waals surface area contributed by atoms with Crippen LogP contribution >= 0.6 is 0 Å². The molecule has 2 heterocycles. The molecule has 0 atom stereocenters. The van der Waals surface area contributed by atoms with Gasteiger partial charge in [0.15, 0.2) is 11.5 Å². The molecule has 0 bridgehead atoms. The summed E-state index contributed by atoms with van der Waals surface area (Å²) in [4.78, 5) is 20.0.